The molecule has 0 saturated heterocycles. The van der Waals surface area contributed by atoms with Crippen LogP contribution in [-0.2, 0) is 10.3 Å². The lowest BCUT2D eigenvalue weighted by atomic mass is 10.00. The predicted octanol–water partition coefficient (Wildman–Crippen LogP) is 4.23. The maximum absolute atomic E-state index is 5.70. The SMILES string of the molecule is CCCNc1cc(C2CCCC2)nc(C(C)(CC)OC)n1. The third kappa shape index (κ3) is 3.73. The van der Waals surface area contributed by atoms with E-state index in [-0.39, 0.29) is 0 Å². The summed E-state index contributed by atoms with van der Waals surface area (Å²) < 4.78 is 5.70. The van der Waals surface area contributed by atoms with Crippen molar-refractivity contribution in [3.63, 3.8) is 0 Å². The Labute approximate surface area is 128 Å². The molecule has 1 aliphatic rings. The molecule has 1 heterocycles. The third-order valence-electron chi connectivity index (χ3n) is 4.67. The van der Waals surface area contributed by atoms with E-state index < -0.39 is 5.60 Å². The molecule has 1 aromatic heterocycles. The molecule has 1 aliphatic carbocycles. The van der Waals surface area contributed by atoms with Gasteiger partial charge in [0.1, 0.15) is 11.4 Å². The first kappa shape index (κ1) is 16.2. The van der Waals surface area contributed by atoms with E-state index in [9.17, 15) is 0 Å². The number of aromatic nitrogens is 2. The second-order valence-corrected chi connectivity index (χ2v) is 6.20. The van der Waals surface area contributed by atoms with Crippen LogP contribution in [0, 0.1) is 0 Å². The molecule has 1 unspecified atom stereocenters. The topological polar surface area (TPSA) is 47.0 Å². The lowest BCUT2D eigenvalue weighted by Crippen LogP contribution is -2.27. The van der Waals surface area contributed by atoms with Crippen molar-refractivity contribution < 1.29 is 4.74 Å². The van der Waals surface area contributed by atoms with Crippen molar-refractivity contribution in [3.05, 3.63) is 17.6 Å². The van der Waals surface area contributed by atoms with Gasteiger partial charge in [-0.3, -0.25) is 0 Å². The fourth-order valence-corrected chi connectivity index (χ4v) is 2.87. The van der Waals surface area contributed by atoms with Crippen LogP contribution in [0.2, 0.25) is 0 Å². The molecular formula is C17H29N3O. The first-order valence-electron chi connectivity index (χ1n) is 8.31. The maximum atomic E-state index is 5.70. The van der Waals surface area contributed by atoms with Crippen molar-refractivity contribution in [2.75, 3.05) is 19.0 Å². The Hall–Kier alpha value is -1.16. The Morgan fingerprint density at radius 1 is 1.29 bits per heavy atom. The van der Waals surface area contributed by atoms with E-state index in [0.29, 0.717) is 5.92 Å². The largest absolute Gasteiger partial charge is 0.371 e. The van der Waals surface area contributed by atoms with Gasteiger partial charge in [-0.05, 0) is 32.6 Å². The minimum absolute atomic E-state index is 0.405. The van der Waals surface area contributed by atoms with Crippen LogP contribution in [-0.4, -0.2) is 23.6 Å². The Bertz CT molecular complexity index is 451. The summed E-state index contributed by atoms with van der Waals surface area (Å²) in [4.78, 5) is 9.57. The van der Waals surface area contributed by atoms with Crippen molar-refractivity contribution >= 4 is 5.82 Å². The van der Waals surface area contributed by atoms with Crippen molar-refractivity contribution in [1.29, 1.82) is 0 Å². The molecule has 1 atom stereocenters. The minimum Gasteiger partial charge on any atom is -0.371 e. The van der Waals surface area contributed by atoms with Crippen LogP contribution in [0.5, 0.6) is 0 Å². The summed E-state index contributed by atoms with van der Waals surface area (Å²) in [6.07, 6.45) is 7.09. The third-order valence-corrected chi connectivity index (χ3v) is 4.67. The van der Waals surface area contributed by atoms with E-state index in [0.717, 1.165) is 31.0 Å². The zero-order valence-electron chi connectivity index (χ0n) is 13.9. The lowest BCUT2D eigenvalue weighted by Gasteiger charge is -2.26. The van der Waals surface area contributed by atoms with E-state index in [1.807, 2.05) is 0 Å². The van der Waals surface area contributed by atoms with Gasteiger partial charge in [-0.25, -0.2) is 9.97 Å². The number of ether oxygens (including phenoxy) is 1. The number of hydrogen-bond acceptors (Lipinski definition) is 4. The van der Waals surface area contributed by atoms with Gasteiger partial charge < -0.3 is 10.1 Å². The predicted molar refractivity (Wildman–Crippen MR) is 86.7 cm³/mol. The Kier molecular flexibility index (Phi) is 5.57. The smallest absolute Gasteiger partial charge is 0.162 e. The average molecular weight is 291 g/mol. The molecule has 0 bridgehead atoms. The average Bonchev–Trinajstić information content (AvgIpc) is 3.06. The zero-order chi connectivity index (χ0) is 15.3. The van der Waals surface area contributed by atoms with E-state index in [1.165, 1.54) is 31.4 Å². The van der Waals surface area contributed by atoms with Gasteiger partial charge in [0.15, 0.2) is 5.82 Å². The molecule has 1 aromatic rings. The monoisotopic (exact) mass is 291 g/mol. The summed E-state index contributed by atoms with van der Waals surface area (Å²) in [7, 11) is 1.74. The van der Waals surface area contributed by atoms with Gasteiger partial charge in [0.25, 0.3) is 0 Å². The zero-order valence-corrected chi connectivity index (χ0v) is 13.9. The molecular weight excluding hydrogens is 262 g/mol. The number of anilines is 1. The Balaban J connectivity index is 2.36. The highest BCUT2D eigenvalue weighted by Gasteiger charge is 2.30. The normalized spacial score (nSPS) is 18.7. The summed E-state index contributed by atoms with van der Waals surface area (Å²) in [5, 5.41) is 3.41. The van der Waals surface area contributed by atoms with Gasteiger partial charge in [-0.2, -0.15) is 0 Å². The number of hydrogen-bond donors (Lipinski definition) is 1. The molecule has 4 nitrogen and oxygen atoms in total. The van der Waals surface area contributed by atoms with E-state index in [1.54, 1.807) is 7.11 Å². The van der Waals surface area contributed by atoms with Gasteiger partial charge in [-0.15, -0.1) is 0 Å². The second kappa shape index (κ2) is 7.21. The van der Waals surface area contributed by atoms with E-state index in [2.05, 4.69) is 32.2 Å². The quantitative estimate of drug-likeness (QED) is 0.816. The standard InChI is InChI=1S/C17H29N3O/c1-5-11-18-15-12-14(13-9-7-8-10-13)19-16(20-15)17(3,6-2)21-4/h12-13H,5-11H2,1-4H3,(H,18,19,20). The van der Waals surface area contributed by atoms with Crippen LogP contribution in [0.4, 0.5) is 5.82 Å². The summed E-state index contributed by atoms with van der Waals surface area (Å²) in [6, 6.07) is 2.14. The molecule has 21 heavy (non-hydrogen) atoms. The molecule has 0 spiro atoms. The van der Waals surface area contributed by atoms with Crippen LogP contribution in [0.3, 0.4) is 0 Å². The van der Waals surface area contributed by atoms with Gasteiger partial charge in [-0.1, -0.05) is 26.7 Å². The molecule has 0 amide bonds. The molecule has 2 rings (SSSR count). The number of nitrogens with one attached hydrogen (secondary N) is 1. The van der Waals surface area contributed by atoms with Crippen molar-refractivity contribution in [2.24, 2.45) is 0 Å². The fraction of sp³-hybridized carbons (Fsp3) is 0.765. The summed E-state index contributed by atoms with van der Waals surface area (Å²) in [5.74, 6) is 2.35. The molecule has 1 saturated carbocycles. The maximum Gasteiger partial charge on any atom is 0.162 e. The lowest BCUT2D eigenvalue weighted by molar-refractivity contribution is -0.00909. The van der Waals surface area contributed by atoms with Crippen molar-refractivity contribution in [2.45, 2.75) is 70.8 Å². The van der Waals surface area contributed by atoms with Gasteiger partial charge in [0.2, 0.25) is 0 Å². The highest BCUT2D eigenvalue weighted by Crippen LogP contribution is 2.35. The molecule has 0 aromatic carbocycles. The summed E-state index contributed by atoms with van der Waals surface area (Å²) in [5.41, 5.74) is 0.782. The molecule has 1 fully saturated rings. The first-order chi connectivity index (χ1) is 10.1. The van der Waals surface area contributed by atoms with Crippen LogP contribution < -0.4 is 5.32 Å². The molecule has 118 valence electrons. The van der Waals surface area contributed by atoms with Crippen molar-refractivity contribution in [1.82, 2.24) is 9.97 Å². The van der Waals surface area contributed by atoms with Crippen LogP contribution in [0.25, 0.3) is 0 Å². The minimum atomic E-state index is -0.405. The van der Waals surface area contributed by atoms with Gasteiger partial charge in [0, 0.05) is 31.3 Å². The van der Waals surface area contributed by atoms with Gasteiger partial charge >= 0.3 is 0 Å². The highest BCUT2D eigenvalue weighted by molar-refractivity contribution is 5.38. The number of rotatable bonds is 7. The van der Waals surface area contributed by atoms with Crippen LogP contribution in [0.1, 0.15) is 76.7 Å². The van der Waals surface area contributed by atoms with Crippen LogP contribution >= 0.6 is 0 Å². The number of nitrogens with zero attached hydrogens (tertiary/aromatic N) is 2. The molecule has 4 heteroatoms. The molecule has 0 radical (unpaired) electrons. The highest BCUT2D eigenvalue weighted by atomic mass is 16.5. The second-order valence-electron chi connectivity index (χ2n) is 6.20. The Morgan fingerprint density at radius 2 is 2.00 bits per heavy atom. The van der Waals surface area contributed by atoms with E-state index in [4.69, 9.17) is 14.7 Å². The van der Waals surface area contributed by atoms with Crippen LogP contribution in [0.15, 0.2) is 6.07 Å². The van der Waals surface area contributed by atoms with E-state index >= 15 is 0 Å². The summed E-state index contributed by atoms with van der Waals surface area (Å²) in [6.45, 7) is 7.30. The molecule has 0 aliphatic heterocycles. The summed E-state index contributed by atoms with van der Waals surface area (Å²) >= 11 is 0. The van der Waals surface area contributed by atoms with Crippen molar-refractivity contribution in [3.8, 4) is 0 Å². The Morgan fingerprint density at radius 3 is 2.57 bits per heavy atom. The number of methoxy groups -OCH3 is 1. The molecule has 1 N–H and O–H groups in total. The first-order valence-corrected chi connectivity index (χ1v) is 8.31. The van der Waals surface area contributed by atoms with Gasteiger partial charge in [0.05, 0.1) is 0 Å². The fourth-order valence-electron chi connectivity index (χ4n) is 2.87.